The second-order valence-corrected chi connectivity index (χ2v) is 11.8. The molecule has 1 fully saturated rings. The first-order valence-electron chi connectivity index (χ1n) is 9.91. The molecule has 4 rings (SSSR count). The van der Waals surface area contributed by atoms with Gasteiger partial charge in [0.1, 0.15) is 9.35 Å². The molecule has 0 radical (unpaired) electrons. The smallest absolute Gasteiger partial charge is 0.136 e. The van der Waals surface area contributed by atoms with Gasteiger partial charge in [-0.05, 0) is 79.2 Å². The fourth-order valence-corrected chi connectivity index (χ4v) is 5.67. The zero-order valence-electron chi connectivity index (χ0n) is 16.7. The summed E-state index contributed by atoms with van der Waals surface area (Å²) in [6.07, 6.45) is 5.16. The predicted molar refractivity (Wildman–Crippen MR) is 120 cm³/mol. The molecule has 1 aromatic heterocycles. The summed E-state index contributed by atoms with van der Waals surface area (Å²) in [7, 11) is 0. The van der Waals surface area contributed by atoms with E-state index in [4.69, 9.17) is 0 Å². The zero-order valence-corrected chi connectivity index (χ0v) is 19.1. The maximum absolute atomic E-state index is 13.0. The lowest BCUT2D eigenvalue weighted by Gasteiger charge is -2.44. The number of nitrogens with zero attached hydrogens (tertiary/aromatic N) is 2. The van der Waals surface area contributed by atoms with Gasteiger partial charge in [-0.25, -0.2) is 4.98 Å². The van der Waals surface area contributed by atoms with Gasteiger partial charge < -0.3 is 9.45 Å². The summed E-state index contributed by atoms with van der Waals surface area (Å²) in [5.41, 5.74) is 4.05. The van der Waals surface area contributed by atoms with E-state index in [0.717, 1.165) is 37.0 Å². The molecule has 4 nitrogen and oxygen atoms in total. The first-order chi connectivity index (χ1) is 13.3. The molecule has 1 unspecified atom stereocenters. The summed E-state index contributed by atoms with van der Waals surface area (Å²) < 4.78 is 17.1. The van der Waals surface area contributed by atoms with E-state index < -0.39 is 11.4 Å². The molecule has 150 valence electrons. The molecular weight excluding hydrogens is 434 g/mol. The summed E-state index contributed by atoms with van der Waals surface area (Å²) in [6.45, 7) is 8.10. The first kappa shape index (κ1) is 20.2. The first-order valence-corrected chi connectivity index (χ1v) is 11.9. The molecule has 2 aromatic rings. The van der Waals surface area contributed by atoms with E-state index in [2.05, 4.69) is 60.9 Å². The summed E-state index contributed by atoms with van der Waals surface area (Å²) >= 11 is 2.33. The van der Waals surface area contributed by atoms with Crippen molar-refractivity contribution < 1.29 is 4.55 Å². The van der Waals surface area contributed by atoms with Crippen LogP contribution in [0.2, 0.25) is 0 Å². The van der Waals surface area contributed by atoms with Crippen molar-refractivity contribution in [2.75, 3.05) is 18.0 Å². The van der Waals surface area contributed by atoms with Crippen LogP contribution < -0.4 is 9.62 Å². The molecule has 1 aromatic carbocycles. The van der Waals surface area contributed by atoms with Crippen molar-refractivity contribution in [2.45, 2.75) is 50.8 Å². The average Bonchev–Trinajstić information content (AvgIpc) is 2.95. The second kappa shape index (κ2) is 7.63. The number of benzene rings is 1. The Labute approximate surface area is 179 Å². The summed E-state index contributed by atoms with van der Waals surface area (Å²) in [6, 6.07) is 13.0. The number of aromatic nitrogens is 1. The lowest BCUT2D eigenvalue weighted by Crippen LogP contribution is -2.49. The number of piperidine rings is 1. The fraction of sp³-hybridized carbons (Fsp3) is 0.500. The molecule has 1 spiro atoms. The van der Waals surface area contributed by atoms with Gasteiger partial charge in [-0.2, -0.15) is 0 Å². The van der Waals surface area contributed by atoms with Crippen molar-refractivity contribution in [3.8, 4) is 0 Å². The number of hydrogen-bond acceptors (Lipinski definition) is 4. The van der Waals surface area contributed by atoms with Gasteiger partial charge in [0.05, 0.1) is 17.9 Å². The summed E-state index contributed by atoms with van der Waals surface area (Å²) in [5, 5.41) is 0. The molecule has 1 aliphatic heterocycles. The van der Waals surface area contributed by atoms with Crippen LogP contribution in [0.15, 0.2) is 47.2 Å². The van der Waals surface area contributed by atoms with Gasteiger partial charge in [0.25, 0.3) is 0 Å². The minimum Gasteiger partial charge on any atom is -0.598 e. The number of halogens is 1. The Hall–Kier alpha value is -1.08. The zero-order chi connectivity index (χ0) is 19.9. The fourth-order valence-electron chi connectivity index (χ4n) is 4.49. The van der Waals surface area contributed by atoms with Crippen LogP contribution in [0.1, 0.15) is 50.8 Å². The summed E-state index contributed by atoms with van der Waals surface area (Å²) in [4.78, 5) is 6.80. The Morgan fingerprint density at radius 3 is 2.54 bits per heavy atom. The van der Waals surface area contributed by atoms with Crippen molar-refractivity contribution >= 4 is 33.0 Å². The van der Waals surface area contributed by atoms with E-state index in [1.54, 1.807) is 0 Å². The molecule has 1 aliphatic carbocycles. The molecule has 28 heavy (non-hydrogen) atoms. The third-order valence-electron chi connectivity index (χ3n) is 6.14. The summed E-state index contributed by atoms with van der Waals surface area (Å²) in [5.74, 6) is 0. The van der Waals surface area contributed by atoms with Crippen LogP contribution in [0.5, 0.6) is 0 Å². The van der Waals surface area contributed by atoms with Crippen LogP contribution in [0.3, 0.4) is 0 Å². The molecule has 2 atom stereocenters. The molecular formula is C22H28BrN3OS. The molecule has 0 bridgehead atoms. The van der Waals surface area contributed by atoms with Gasteiger partial charge in [-0.15, -0.1) is 4.72 Å². The van der Waals surface area contributed by atoms with Crippen LogP contribution in [-0.4, -0.2) is 27.4 Å². The van der Waals surface area contributed by atoms with Gasteiger partial charge in [0, 0.05) is 29.9 Å². The minimum absolute atomic E-state index is 0.129. The molecule has 2 aliphatic rings. The van der Waals surface area contributed by atoms with E-state index in [1.165, 1.54) is 16.8 Å². The van der Waals surface area contributed by atoms with Crippen LogP contribution in [-0.2, 0) is 17.8 Å². The number of hydrogen-bond donors (Lipinski definition) is 1. The molecule has 0 saturated carbocycles. The third-order valence-corrected chi connectivity index (χ3v) is 8.17. The minimum atomic E-state index is -1.09. The molecule has 0 amide bonds. The monoisotopic (exact) mass is 461 g/mol. The van der Waals surface area contributed by atoms with Crippen molar-refractivity contribution in [1.29, 1.82) is 0 Å². The third kappa shape index (κ3) is 3.84. The highest BCUT2D eigenvalue weighted by molar-refractivity contribution is 9.10. The maximum Gasteiger partial charge on any atom is 0.136 e. The van der Waals surface area contributed by atoms with Crippen molar-refractivity contribution in [3.63, 3.8) is 0 Å². The highest BCUT2D eigenvalue weighted by Gasteiger charge is 2.50. The van der Waals surface area contributed by atoms with Gasteiger partial charge in [-0.3, -0.25) is 0 Å². The highest BCUT2D eigenvalue weighted by Crippen LogP contribution is 2.52. The van der Waals surface area contributed by atoms with E-state index >= 15 is 0 Å². The van der Waals surface area contributed by atoms with Gasteiger partial charge in [0.15, 0.2) is 0 Å². The standard InChI is InChI=1S/C22H28BrN3OS/c1-21(2,3)28(27)25-20-18-7-5-4-6-16(18)14-22(20)10-12-26(13-11-22)17-8-9-19(23)24-15-17/h4-9,15,20,25H,10-14H2,1-3H3/t20-,28?/m1/s1. The number of anilines is 1. The quantitative estimate of drug-likeness (QED) is 0.527. The van der Waals surface area contributed by atoms with E-state index in [0.29, 0.717) is 0 Å². The number of pyridine rings is 1. The van der Waals surface area contributed by atoms with E-state index in [1.807, 2.05) is 33.0 Å². The lowest BCUT2D eigenvalue weighted by atomic mass is 9.73. The SMILES string of the molecule is CC(C)(C)[S+]([O-])N[C@@H]1c2ccccc2CC12CCN(c1ccc(Br)nc1)CC2. The van der Waals surface area contributed by atoms with Crippen LogP contribution in [0.4, 0.5) is 5.69 Å². The Bertz CT molecular complexity index is 828. The van der Waals surface area contributed by atoms with E-state index in [9.17, 15) is 4.55 Å². The van der Waals surface area contributed by atoms with Gasteiger partial charge >= 0.3 is 0 Å². The van der Waals surface area contributed by atoms with Crippen LogP contribution >= 0.6 is 15.9 Å². The average molecular weight is 462 g/mol. The topological polar surface area (TPSA) is 51.2 Å². The Kier molecular flexibility index (Phi) is 5.51. The largest absolute Gasteiger partial charge is 0.598 e. The van der Waals surface area contributed by atoms with Crippen LogP contribution in [0.25, 0.3) is 0 Å². The Morgan fingerprint density at radius 1 is 1.18 bits per heavy atom. The molecule has 2 heterocycles. The molecule has 6 heteroatoms. The Balaban J connectivity index is 1.56. The van der Waals surface area contributed by atoms with Crippen molar-refractivity contribution in [1.82, 2.24) is 9.71 Å². The second-order valence-electron chi connectivity index (χ2n) is 9.00. The van der Waals surface area contributed by atoms with Gasteiger partial charge in [0.2, 0.25) is 0 Å². The maximum atomic E-state index is 13.0. The van der Waals surface area contributed by atoms with Gasteiger partial charge in [-0.1, -0.05) is 24.3 Å². The number of fused-ring (bicyclic) bond motifs is 1. The van der Waals surface area contributed by atoms with Crippen LogP contribution in [0, 0.1) is 5.41 Å². The van der Waals surface area contributed by atoms with Crippen molar-refractivity contribution in [3.05, 3.63) is 58.3 Å². The number of nitrogens with one attached hydrogen (secondary N) is 1. The molecule has 1 saturated heterocycles. The van der Waals surface area contributed by atoms with Crippen molar-refractivity contribution in [2.24, 2.45) is 5.41 Å². The Morgan fingerprint density at radius 2 is 1.89 bits per heavy atom. The molecule has 1 N–H and O–H groups in total. The predicted octanol–water partition coefficient (Wildman–Crippen LogP) is 4.78. The highest BCUT2D eigenvalue weighted by atomic mass is 79.9. The lowest BCUT2D eigenvalue weighted by molar-refractivity contribution is 0.176. The number of rotatable bonds is 3. The van der Waals surface area contributed by atoms with E-state index in [-0.39, 0.29) is 16.2 Å². The normalized spacial score (nSPS) is 22.3.